The molecule has 0 spiro atoms. The first-order valence-electron chi connectivity index (χ1n) is 5.86. The summed E-state index contributed by atoms with van der Waals surface area (Å²) in [6.07, 6.45) is -3.02. The number of aromatic nitrogens is 2. The van der Waals surface area contributed by atoms with Crippen molar-refractivity contribution < 1.29 is 26.1 Å². The molecule has 116 valence electrons. The van der Waals surface area contributed by atoms with Crippen molar-refractivity contribution in [3.05, 3.63) is 33.6 Å². The SMILES string of the molecule is CCc1cc(CS(=O)(=O)Cc2cnc(C(F)(F)F)s2)on1. The zero-order valence-electron chi connectivity index (χ0n) is 10.8. The Labute approximate surface area is 122 Å². The average Bonchev–Trinajstić information content (AvgIpc) is 2.96. The van der Waals surface area contributed by atoms with E-state index in [2.05, 4.69) is 10.1 Å². The van der Waals surface area contributed by atoms with E-state index in [0.717, 1.165) is 6.20 Å². The van der Waals surface area contributed by atoms with Crippen molar-refractivity contribution in [3.8, 4) is 0 Å². The van der Waals surface area contributed by atoms with E-state index in [1.807, 2.05) is 6.92 Å². The number of thiazole rings is 1. The number of alkyl halides is 3. The second-order valence-corrected chi connectivity index (χ2v) is 7.48. The van der Waals surface area contributed by atoms with Gasteiger partial charge in [-0.3, -0.25) is 0 Å². The third kappa shape index (κ3) is 4.27. The first-order valence-corrected chi connectivity index (χ1v) is 8.50. The van der Waals surface area contributed by atoms with Crippen LogP contribution in [0.3, 0.4) is 0 Å². The Kier molecular flexibility index (Phi) is 4.38. The highest BCUT2D eigenvalue weighted by atomic mass is 32.2. The van der Waals surface area contributed by atoms with Gasteiger partial charge in [-0.25, -0.2) is 13.4 Å². The molecule has 0 saturated heterocycles. The van der Waals surface area contributed by atoms with Crippen molar-refractivity contribution in [2.75, 3.05) is 0 Å². The summed E-state index contributed by atoms with van der Waals surface area (Å²) in [6, 6.07) is 1.52. The number of halogens is 3. The minimum Gasteiger partial charge on any atom is -0.360 e. The first kappa shape index (κ1) is 16.0. The summed E-state index contributed by atoms with van der Waals surface area (Å²) < 4.78 is 65.9. The molecule has 0 radical (unpaired) electrons. The van der Waals surface area contributed by atoms with E-state index in [0.29, 0.717) is 23.5 Å². The van der Waals surface area contributed by atoms with Gasteiger partial charge in [-0.15, -0.1) is 11.3 Å². The molecule has 0 unspecified atom stereocenters. The van der Waals surface area contributed by atoms with E-state index in [9.17, 15) is 21.6 Å². The quantitative estimate of drug-likeness (QED) is 0.837. The van der Waals surface area contributed by atoms with Gasteiger partial charge in [0, 0.05) is 17.1 Å². The summed E-state index contributed by atoms with van der Waals surface area (Å²) in [5.74, 6) is -0.741. The van der Waals surface area contributed by atoms with Gasteiger partial charge < -0.3 is 4.52 Å². The van der Waals surface area contributed by atoms with Gasteiger partial charge in [-0.1, -0.05) is 12.1 Å². The summed E-state index contributed by atoms with van der Waals surface area (Å²) >= 11 is 0.325. The smallest absolute Gasteiger partial charge is 0.360 e. The maximum Gasteiger partial charge on any atom is 0.443 e. The van der Waals surface area contributed by atoms with E-state index >= 15 is 0 Å². The molecule has 0 bridgehead atoms. The van der Waals surface area contributed by atoms with Crippen LogP contribution in [0.5, 0.6) is 0 Å². The van der Waals surface area contributed by atoms with Gasteiger partial charge in [-0.2, -0.15) is 13.2 Å². The highest BCUT2D eigenvalue weighted by molar-refractivity contribution is 7.89. The van der Waals surface area contributed by atoms with E-state index in [1.165, 1.54) is 6.07 Å². The number of hydrogen-bond acceptors (Lipinski definition) is 6. The minimum absolute atomic E-state index is 0.0394. The molecule has 2 aromatic heterocycles. The van der Waals surface area contributed by atoms with Crippen LogP contribution in [-0.2, 0) is 33.9 Å². The zero-order valence-corrected chi connectivity index (χ0v) is 12.5. The molecule has 0 aliphatic heterocycles. The Balaban J connectivity index is 2.08. The number of nitrogens with zero attached hydrogens (tertiary/aromatic N) is 2. The van der Waals surface area contributed by atoms with E-state index in [-0.39, 0.29) is 10.6 Å². The number of rotatable bonds is 5. The van der Waals surface area contributed by atoms with Crippen LogP contribution in [0, 0.1) is 0 Å². The highest BCUT2D eigenvalue weighted by Crippen LogP contribution is 2.33. The van der Waals surface area contributed by atoms with Crippen LogP contribution < -0.4 is 0 Å². The topological polar surface area (TPSA) is 73.1 Å². The van der Waals surface area contributed by atoms with Gasteiger partial charge in [0.2, 0.25) is 0 Å². The highest BCUT2D eigenvalue weighted by Gasteiger charge is 2.35. The summed E-state index contributed by atoms with van der Waals surface area (Å²) in [7, 11) is -3.65. The summed E-state index contributed by atoms with van der Waals surface area (Å²) in [5, 5.41) is 2.61. The lowest BCUT2D eigenvalue weighted by atomic mass is 10.3. The molecule has 5 nitrogen and oxygen atoms in total. The van der Waals surface area contributed by atoms with Gasteiger partial charge in [0.1, 0.15) is 5.75 Å². The molecule has 2 heterocycles. The molecule has 0 saturated carbocycles. The van der Waals surface area contributed by atoms with Gasteiger partial charge in [0.25, 0.3) is 0 Å². The van der Waals surface area contributed by atoms with Crippen molar-refractivity contribution >= 4 is 21.2 Å². The monoisotopic (exact) mass is 340 g/mol. The predicted molar refractivity (Wildman–Crippen MR) is 69.3 cm³/mol. The molecule has 10 heteroatoms. The molecule has 0 amide bonds. The Morgan fingerprint density at radius 1 is 1.33 bits per heavy atom. The first-order chi connectivity index (χ1) is 9.69. The maximum atomic E-state index is 12.4. The van der Waals surface area contributed by atoms with Crippen molar-refractivity contribution in [1.82, 2.24) is 10.1 Å². The standard InChI is InChI=1S/C11H11F3N2O3S2/c1-2-7-3-8(19-16-7)5-21(17,18)6-9-4-15-10(20-9)11(12,13)14/h3-4H,2,5-6H2,1H3. The van der Waals surface area contributed by atoms with Gasteiger partial charge in [-0.05, 0) is 6.42 Å². The van der Waals surface area contributed by atoms with Crippen LogP contribution >= 0.6 is 11.3 Å². The number of hydrogen-bond donors (Lipinski definition) is 0. The summed E-state index contributed by atoms with van der Waals surface area (Å²) in [5.41, 5.74) is 0.623. The van der Waals surface area contributed by atoms with E-state index in [4.69, 9.17) is 4.52 Å². The average molecular weight is 340 g/mol. The molecule has 0 fully saturated rings. The number of aryl methyl sites for hydroxylation is 1. The van der Waals surface area contributed by atoms with Crippen LogP contribution in [0.1, 0.15) is 28.3 Å². The zero-order chi connectivity index (χ0) is 15.7. The van der Waals surface area contributed by atoms with Crippen molar-refractivity contribution in [2.45, 2.75) is 31.0 Å². The molecular weight excluding hydrogens is 329 g/mol. The predicted octanol–water partition coefficient (Wildman–Crippen LogP) is 2.83. The van der Waals surface area contributed by atoms with Crippen molar-refractivity contribution in [1.29, 1.82) is 0 Å². The summed E-state index contributed by atoms with van der Waals surface area (Å²) in [6.45, 7) is 1.84. The Morgan fingerprint density at radius 2 is 2.05 bits per heavy atom. The Bertz CT molecular complexity index is 719. The van der Waals surface area contributed by atoms with Gasteiger partial charge >= 0.3 is 6.18 Å². The third-order valence-electron chi connectivity index (χ3n) is 2.49. The maximum absolute atomic E-state index is 12.4. The second-order valence-electron chi connectivity index (χ2n) is 4.30. The van der Waals surface area contributed by atoms with Crippen molar-refractivity contribution in [2.24, 2.45) is 0 Å². The summed E-state index contributed by atoms with van der Waals surface area (Å²) in [4.78, 5) is 3.23. The molecule has 0 aromatic carbocycles. The largest absolute Gasteiger partial charge is 0.443 e. The Morgan fingerprint density at radius 3 is 2.57 bits per heavy atom. The normalized spacial score (nSPS) is 12.8. The molecule has 2 aromatic rings. The molecule has 0 aliphatic carbocycles. The third-order valence-corrected chi connectivity index (χ3v) is 5.19. The van der Waals surface area contributed by atoms with Crippen LogP contribution in [0.15, 0.2) is 16.8 Å². The van der Waals surface area contributed by atoms with Gasteiger partial charge in [0.05, 0.1) is 11.4 Å². The van der Waals surface area contributed by atoms with E-state index < -0.39 is 32.5 Å². The molecule has 0 aliphatic rings. The minimum atomic E-state index is -4.56. The lowest BCUT2D eigenvalue weighted by Gasteiger charge is -2.00. The fraction of sp³-hybridized carbons (Fsp3) is 0.455. The van der Waals surface area contributed by atoms with Crippen LogP contribution in [0.25, 0.3) is 0 Å². The lowest BCUT2D eigenvalue weighted by molar-refractivity contribution is -0.137. The molecule has 21 heavy (non-hydrogen) atoms. The molecule has 0 atom stereocenters. The van der Waals surface area contributed by atoms with E-state index in [1.54, 1.807) is 0 Å². The fourth-order valence-electron chi connectivity index (χ4n) is 1.58. The van der Waals surface area contributed by atoms with Crippen molar-refractivity contribution in [3.63, 3.8) is 0 Å². The number of sulfone groups is 1. The molecule has 2 rings (SSSR count). The molecule has 0 N–H and O–H groups in total. The van der Waals surface area contributed by atoms with Crippen LogP contribution in [-0.4, -0.2) is 18.6 Å². The van der Waals surface area contributed by atoms with Gasteiger partial charge in [0.15, 0.2) is 20.6 Å². The van der Waals surface area contributed by atoms with Crippen LogP contribution in [0.2, 0.25) is 0 Å². The van der Waals surface area contributed by atoms with Crippen LogP contribution in [0.4, 0.5) is 13.2 Å². The Hall–Kier alpha value is -1.42. The lowest BCUT2D eigenvalue weighted by Crippen LogP contribution is -2.06. The fourth-order valence-corrected chi connectivity index (χ4v) is 4.11. The molecular formula is C11H11F3N2O3S2. The second kappa shape index (κ2) is 5.76.